The molecule has 1 atom stereocenters. The van der Waals surface area contributed by atoms with Crippen LogP contribution in [0, 0.1) is 6.92 Å². The summed E-state index contributed by atoms with van der Waals surface area (Å²) in [7, 11) is -3.02. The normalized spacial score (nSPS) is 21.9. The molecule has 1 aliphatic carbocycles. The fourth-order valence-electron chi connectivity index (χ4n) is 3.96. The van der Waals surface area contributed by atoms with E-state index in [0.29, 0.717) is 12.0 Å². The van der Waals surface area contributed by atoms with Gasteiger partial charge < -0.3 is 5.32 Å². The SMILES string of the molecule is Cc1ccc2nc3c(c(C(=O)N[C@H]4CCS(=O)(=O)C4)c2c1)CCCC3. The Hall–Kier alpha value is -1.95. The van der Waals surface area contributed by atoms with Crippen molar-refractivity contribution in [2.45, 2.75) is 45.1 Å². The van der Waals surface area contributed by atoms with E-state index < -0.39 is 9.84 Å². The van der Waals surface area contributed by atoms with Crippen molar-refractivity contribution in [1.29, 1.82) is 0 Å². The Bertz CT molecular complexity index is 966. The predicted molar refractivity (Wildman–Crippen MR) is 97.6 cm³/mol. The molecule has 0 bridgehead atoms. The standard InChI is InChI=1S/C19H22N2O3S/c1-12-6-7-17-15(10-12)18(14-4-2-3-5-16(14)21-17)19(22)20-13-8-9-25(23,24)11-13/h6-7,10,13H,2-5,8-9,11H2,1H3,(H,20,22)/t13-/m0/s1. The highest BCUT2D eigenvalue weighted by molar-refractivity contribution is 7.91. The van der Waals surface area contributed by atoms with Crippen molar-refractivity contribution < 1.29 is 13.2 Å². The molecule has 1 fully saturated rings. The van der Waals surface area contributed by atoms with E-state index in [1.807, 2.05) is 25.1 Å². The Balaban J connectivity index is 1.79. The lowest BCUT2D eigenvalue weighted by Gasteiger charge is -2.21. The molecule has 0 spiro atoms. The van der Waals surface area contributed by atoms with Gasteiger partial charge in [0.1, 0.15) is 0 Å². The summed E-state index contributed by atoms with van der Waals surface area (Å²) in [4.78, 5) is 17.9. The summed E-state index contributed by atoms with van der Waals surface area (Å²) in [6.07, 6.45) is 4.41. The highest BCUT2D eigenvalue weighted by atomic mass is 32.2. The molecule has 6 heteroatoms. The Morgan fingerprint density at radius 2 is 2.04 bits per heavy atom. The van der Waals surface area contributed by atoms with Crippen molar-refractivity contribution in [2.24, 2.45) is 0 Å². The van der Waals surface area contributed by atoms with Crippen LogP contribution >= 0.6 is 0 Å². The summed E-state index contributed by atoms with van der Waals surface area (Å²) in [6, 6.07) is 5.70. The van der Waals surface area contributed by atoms with Crippen molar-refractivity contribution in [3.8, 4) is 0 Å². The number of nitrogens with one attached hydrogen (secondary N) is 1. The lowest BCUT2D eigenvalue weighted by Crippen LogP contribution is -2.36. The van der Waals surface area contributed by atoms with Crippen molar-refractivity contribution in [3.05, 3.63) is 40.6 Å². The molecular formula is C19H22N2O3S. The fourth-order valence-corrected chi connectivity index (χ4v) is 5.64. The highest BCUT2D eigenvalue weighted by Gasteiger charge is 2.31. The Kier molecular flexibility index (Phi) is 4.02. The largest absolute Gasteiger partial charge is 0.348 e. The van der Waals surface area contributed by atoms with Crippen LogP contribution in [-0.4, -0.2) is 36.9 Å². The average Bonchev–Trinajstić information content (AvgIpc) is 2.91. The van der Waals surface area contributed by atoms with Gasteiger partial charge in [-0.2, -0.15) is 0 Å². The molecular weight excluding hydrogens is 336 g/mol. The number of rotatable bonds is 2. The van der Waals surface area contributed by atoms with Crippen molar-refractivity contribution in [2.75, 3.05) is 11.5 Å². The number of pyridine rings is 1. The minimum absolute atomic E-state index is 0.0446. The maximum absolute atomic E-state index is 13.1. The van der Waals surface area contributed by atoms with E-state index in [0.717, 1.165) is 53.4 Å². The zero-order chi connectivity index (χ0) is 17.6. The average molecular weight is 358 g/mol. The van der Waals surface area contributed by atoms with Gasteiger partial charge in [-0.15, -0.1) is 0 Å². The monoisotopic (exact) mass is 358 g/mol. The van der Waals surface area contributed by atoms with E-state index in [-0.39, 0.29) is 23.5 Å². The van der Waals surface area contributed by atoms with E-state index in [1.54, 1.807) is 0 Å². The summed E-state index contributed by atoms with van der Waals surface area (Å²) in [5.74, 6) is 0.0492. The van der Waals surface area contributed by atoms with Crippen LogP contribution in [0.5, 0.6) is 0 Å². The Morgan fingerprint density at radius 1 is 1.24 bits per heavy atom. The molecule has 132 valence electrons. The van der Waals surface area contributed by atoms with E-state index >= 15 is 0 Å². The number of benzene rings is 1. The molecule has 25 heavy (non-hydrogen) atoms. The zero-order valence-electron chi connectivity index (χ0n) is 14.3. The minimum Gasteiger partial charge on any atom is -0.348 e. The molecule has 0 unspecified atom stereocenters. The van der Waals surface area contributed by atoms with Gasteiger partial charge in [-0.25, -0.2) is 8.42 Å². The van der Waals surface area contributed by atoms with E-state index in [1.165, 1.54) is 0 Å². The first-order valence-electron chi connectivity index (χ1n) is 8.86. The van der Waals surface area contributed by atoms with Crippen LogP contribution in [0.25, 0.3) is 10.9 Å². The number of sulfone groups is 1. The summed E-state index contributed by atoms with van der Waals surface area (Å²) < 4.78 is 23.4. The quantitative estimate of drug-likeness (QED) is 0.894. The third-order valence-corrected chi connectivity index (χ3v) is 6.98. The number of nitrogens with zero attached hydrogens (tertiary/aromatic N) is 1. The van der Waals surface area contributed by atoms with Gasteiger partial charge in [-0.1, -0.05) is 11.6 Å². The van der Waals surface area contributed by atoms with Gasteiger partial charge in [-0.3, -0.25) is 9.78 Å². The molecule has 1 saturated heterocycles. The smallest absolute Gasteiger partial charge is 0.252 e. The molecule has 2 aliphatic rings. The maximum Gasteiger partial charge on any atom is 0.252 e. The van der Waals surface area contributed by atoms with E-state index in [4.69, 9.17) is 4.98 Å². The Morgan fingerprint density at radius 3 is 2.80 bits per heavy atom. The van der Waals surface area contributed by atoms with Gasteiger partial charge in [0, 0.05) is 17.1 Å². The molecule has 4 rings (SSSR count). The second kappa shape index (κ2) is 6.09. The molecule has 0 radical (unpaired) electrons. The fraction of sp³-hybridized carbons (Fsp3) is 0.474. The van der Waals surface area contributed by atoms with Crippen LogP contribution in [-0.2, 0) is 22.7 Å². The number of carbonyl (C=O) groups is 1. The summed E-state index contributed by atoms with van der Waals surface area (Å²) in [5, 5.41) is 3.84. The van der Waals surface area contributed by atoms with Gasteiger partial charge >= 0.3 is 0 Å². The first-order chi connectivity index (χ1) is 11.9. The molecule has 1 N–H and O–H groups in total. The molecule has 2 heterocycles. The van der Waals surface area contributed by atoms with Gasteiger partial charge in [-0.05, 0) is 56.7 Å². The molecule has 2 aromatic rings. The van der Waals surface area contributed by atoms with Crippen molar-refractivity contribution in [3.63, 3.8) is 0 Å². The third-order valence-electron chi connectivity index (χ3n) is 5.21. The first kappa shape index (κ1) is 16.5. The third kappa shape index (κ3) is 3.15. The first-order valence-corrected chi connectivity index (χ1v) is 10.7. The summed E-state index contributed by atoms with van der Waals surface area (Å²) in [5.41, 5.74) is 4.69. The summed E-state index contributed by atoms with van der Waals surface area (Å²) in [6.45, 7) is 2.00. The van der Waals surface area contributed by atoms with Crippen LogP contribution < -0.4 is 5.32 Å². The van der Waals surface area contributed by atoms with Crippen LogP contribution in [0.15, 0.2) is 18.2 Å². The molecule has 1 aliphatic heterocycles. The van der Waals surface area contributed by atoms with Gasteiger partial charge in [0.2, 0.25) is 0 Å². The Labute approximate surface area is 147 Å². The highest BCUT2D eigenvalue weighted by Crippen LogP contribution is 2.30. The molecule has 1 amide bonds. The van der Waals surface area contributed by atoms with E-state index in [2.05, 4.69) is 5.32 Å². The van der Waals surface area contributed by atoms with Crippen LogP contribution in [0.4, 0.5) is 0 Å². The number of amides is 1. The maximum atomic E-state index is 13.1. The van der Waals surface area contributed by atoms with E-state index in [9.17, 15) is 13.2 Å². The number of aryl methyl sites for hydroxylation is 2. The second-order valence-corrected chi connectivity index (χ2v) is 9.44. The lowest BCUT2D eigenvalue weighted by atomic mass is 9.89. The lowest BCUT2D eigenvalue weighted by molar-refractivity contribution is 0.0941. The van der Waals surface area contributed by atoms with Gasteiger partial charge in [0.05, 0.1) is 22.6 Å². The summed E-state index contributed by atoms with van der Waals surface area (Å²) >= 11 is 0. The molecule has 5 nitrogen and oxygen atoms in total. The second-order valence-electron chi connectivity index (χ2n) is 7.21. The molecule has 1 aromatic heterocycles. The van der Waals surface area contributed by atoms with Crippen LogP contribution in [0.3, 0.4) is 0 Å². The van der Waals surface area contributed by atoms with Crippen molar-refractivity contribution >= 4 is 26.6 Å². The van der Waals surface area contributed by atoms with Gasteiger partial charge in [0.15, 0.2) is 9.84 Å². The zero-order valence-corrected chi connectivity index (χ0v) is 15.2. The number of fused-ring (bicyclic) bond motifs is 2. The van der Waals surface area contributed by atoms with Crippen LogP contribution in [0.1, 0.15) is 46.4 Å². The number of hydrogen-bond acceptors (Lipinski definition) is 4. The van der Waals surface area contributed by atoms with Gasteiger partial charge in [0.25, 0.3) is 5.91 Å². The number of aromatic nitrogens is 1. The van der Waals surface area contributed by atoms with Crippen molar-refractivity contribution in [1.82, 2.24) is 10.3 Å². The minimum atomic E-state index is -3.02. The van der Waals surface area contributed by atoms with Crippen LogP contribution in [0.2, 0.25) is 0 Å². The number of hydrogen-bond donors (Lipinski definition) is 1. The number of carbonyl (C=O) groups excluding carboxylic acids is 1. The topological polar surface area (TPSA) is 76.1 Å². The molecule has 1 aromatic carbocycles. The predicted octanol–water partition coefficient (Wildman–Crippen LogP) is 2.34. The molecule has 0 saturated carbocycles.